The number of carbonyl (C=O) groups excluding carboxylic acids is 2. The van der Waals surface area contributed by atoms with E-state index >= 15 is 0 Å². The van der Waals surface area contributed by atoms with E-state index in [0.29, 0.717) is 16.0 Å². The molecule has 1 aromatic heterocycles. The van der Waals surface area contributed by atoms with Gasteiger partial charge in [0.2, 0.25) is 11.8 Å². The van der Waals surface area contributed by atoms with Crippen molar-refractivity contribution in [2.75, 3.05) is 16.0 Å². The van der Waals surface area contributed by atoms with Gasteiger partial charge in [-0.05, 0) is 46.3 Å². The van der Waals surface area contributed by atoms with E-state index in [1.54, 1.807) is 36.4 Å². The second-order valence-electron chi connectivity index (χ2n) is 3.98. The number of nitrogens with zero attached hydrogens (tertiary/aromatic N) is 1. The fraction of sp³-hybridized carbons (Fsp3) is 0.0769. The third-order valence-electron chi connectivity index (χ3n) is 2.47. The number of nitrogen functional groups attached to an aromatic ring is 1. The van der Waals surface area contributed by atoms with Gasteiger partial charge in [0.05, 0.1) is 5.69 Å². The number of nitrogens with two attached hydrogens (primary N) is 1. The van der Waals surface area contributed by atoms with Gasteiger partial charge in [-0.2, -0.15) is 0 Å². The van der Waals surface area contributed by atoms with Gasteiger partial charge >= 0.3 is 6.03 Å². The number of amides is 3. The van der Waals surface area contributed by atoms with E-state index < -0.39 is 11.9 Å². The maximum Gasteiger partial charge on any atom is 0.335 e. The van der Waals surface area contributed by atoms with Crippen molar-refractivity contribution in [1.29, 1.82) is 0 Å². The van der Waals surface area contributed by atoms with Gasteiger partial charge in [-0.25, -0.2) is 9.69 Å². The van der Waals surface area contributed by atoms with Crippen molar-refractivity contribution in [2.24, 2.45) is 0 Å². The molecule has 1 heterocycles. The minimum Gasteiger partial charge on any atom is -0.434 e. The molecule has 2 aromatic rings. The number of hydrogen-bond donors (Lipinski definition) is 2. The smallest absolute Gasteiger partial charge is 0.335 e. The molecule has 0 aliphatic heterocycles. The first-order valence-corrected chi connectivity index (χ1v) is 6.49. The predicted octanol–water partition coefficient (Wildman–Crippen LogP) is 3.21. The van der Waals surface area contributed by atoms with Gasteiger partial charge in [-0.15, -0.1) is 0 Å². The van der Waals surface area contributed by atoms with Crippen LogP contribution in [-0.2, 0) is 4.79 Å². The van der Waals surface area contributed by atoms with Crippen molar-refractivity contribution in [1.82, 2.24) is 0 Å². The van der Waals surface area contributed by atoms with Crippen molar-refractivity contribution in [3.63, 3.8) is 0 Å². The van der Waals surface area contributed by atoms with E-state index in [2.05, 4.69) is 21.2 Å². The number of hydrogen-bond acceptors (Lipinski definition) is 4. The number of nitrogens with one attached hydrogen (secondary N) is 1. The lowest BCUT2D eigenvalue weighted by Crippen LogP contribution is -2.38. The average Bonchev–Trinajstić information content (AvgIpc) is 2.77. The quantitative estimate of drug-likeness (QED) is 0.823. The van der Waals surface area contributed by atoms with Crippen LogP contribution in [0.2, 0.25) is 0 Å². The van der Waals surface area contributed by atoms with Crippen molar-refractivity contribution >= 4 is 45.1 Å². The molecule has 0 unspecified atom stereocenters. The van der Waals surface area contributed by atoms with E-state index in [9.17, 15) is 9.59 Å². The second kappa shape index (κ2) is 5.79. The summed E-state index contributed by atoms with van der Waals surface area (Å²) in [6, 6.07) is 9.01. The Hall–Kier alpha value is -2.28. The van der Waals surface area contributed by atoms with Gasteiger partial charge < -0.3 is 10.2 Å². The molecule has 0 fully saturated rings. The first kappa shape index (κ1) is 14.1. The van der Waals surface area contributed by atoms with Crippen LogP contribution < -0.4 is 16.0 Å². The average molecular weight is 338 g/mol. The fourth-order valence-corrected chi connectivity index (χ4v) is 1.91. The number of urea groups is 1. The Labute approximate surface area is 123 Å². The topological polar surface area (TPSA) is 88.6 Å². The number of carbonyl (C=O) groups is 2. The lowest BCUT2D eigenvalue weighted by molar-refractivity contribution is -0.115. The molecule has 0 radical (unpaired) electrons. The molecule has 0 saturated carbocycles. The predicted molar refractivity (Wildman–Crippen MR) is 79.4 cm³/mol. The highest BCUT2D eigenvalue weighted by Crippen LogP contribution is 2.21. The Morgan fingerprint density at radius 1 is 1.20 bits per heavy atom. The lowest BCUT2D eigenvalue weighted by atomic mass is 10.2. The van der Waals surface area contributed by atoms with Crippen LogP contribution in [0.5, 0.6) is 0 Å². The molecular weight excluding hydrogens is 326 g/mol. The van der Waals surface area contributed by atoms with E-state index in [4.69, 9.17) is 10.2 Å². The summed E-state index contributed by atoms with van der Waals surface area (Å²) in [5, 5.41) is 2.50. The van der Waals surface area contributed by atoms with Gasteiger partial charge in [0.25, 0.3) is 0 Å². The number of furan rings is 1. The normalized spacial score (nSPS) is 10.1. The van der Waals surface area contributed by atoms with E-state index in [1.165, 1.54) is 6.92 Å². The summed E-state index contributed by atoms with van der Waals surface area (Å²) in [4.78, 5) is 24.8. The first-order valence-electron chi connectivity index (χ1n) is 5.70. The molecule has 0 aliphatic rings. The van der Waals surface area contributed by atoms with Crippen LogP contribution in [0, 0.1) is 0 Å². The van der Waals surface area contributed by atoms with E-state index in [0.717, 1.165) is 4.90 Å². The molecule has 104 valence electrons. The summed E-state index contributed by atoms with van der Waals surface area (Å²) < 4.78 is 5.65. The Kier molecular flexibility index (Phi) is 4.09. The molecule has 3 amide bonds. The third kappa shape index (κ3) is 3.18. The first-order chi connectivity index (χ1) is 9.47. The Bertz CT molecular complexity index is 637. The fourth-order valence-electron chi connectivity index (χ4n) is 1.61. The lowest BCUT2D eigenvalue weighted by Gasteiger charge is -2.19. The number of rotatable bonds is 2. The minimum atomic E-state index is -0.607. The summed E-state index contributed by atoms with van der Waals surface area (Å²) in [7, 11) is 0. The van der Waals surface area contributed by atoms with Crippen LogP contribution in [0.4, 0.5) is 22.1 Å². The molecule has 1 aromatic carbocycles. The van der Waals surface area contributed by atoms with Gasteiger partial charge in [-0.1, -0.05) is 0 Å². The highest BCUT2D eigenvalue weighted by atomic mass is 79.9. The maximum atomic E-state index is 12.1. The minimum absolute atomic E-state index is 0.239. The Morgan fingerprint density at radius 2 is 1.85 bits per heavy atom. The maximum absolute atomic E-state index is 12.1. The molecule has 20 heavy (non-hydrogen) atoms. The summed E-state index contributed by atoms with van der Waals surface area (Å²) in [6.07, 6.45) is 0. The van der Waals surface area contributed by atoms with Gasteiger partial charge in [0.1, 0.15) is 0 Å². The molecule has 0 aliphatic carbocycles. The number of imide groups is 1. The highest BCUT2D eigenvalue weighted by molar-refractivity contribution is 9.10. The summed E-state index contributed by atoms with van der Waals surface area (Å²) >= 11 is 3.13. The number of benzene rings is 1. The largest absolute Gasteiger partial charge is 0.434 e. The van der Waals surface area contributed by atoms with Crippen LogP contribution in [-0.4, -0.2) is 11.9 Å². The van der Waals surface area contributed by atoms with Gasteiger partial charge in [0, 0.05) is 18.7 Å². The molecule has 2 rings (SSSR count). The van der Waals surface area contributed by atoms with Crippen molar-refractivity contribution < 1.29 is 14.0 Å². The zero-order valence-electron chi connectivity index (χ0n) is 10.6. The van der Waals surface area contributed by atoms with E-state index in [1.807, 2.05) is 0 Å². The Morgan fingerprint density at radius 3 is 2.35 bits per heavy atom. The second-order valence-corrected chi connectivity index (χ2v) is 4.76. The number of anilines is 3. The monoisotopic (exact) mass is 337 g/mol. The molecule has 0 atom stereocenters. The third-order valence-corrected chi connectivity index (χ3v) is 2.90. The molecule has 3 N–H and O–H groups in total. The van der Waals surface area contributed by atoms with Crippen molar-refractivity contribution in [3.8, 4) is 0 Å². The van der Waals surface area contributed by atoms with Gasteiger partial charge in [0.15, 0.2) is 4.67 Å². The van der Waals surface area contributed by atoms with Crippen LogP contribution in [0.1, 0.15) is 6.92 Å². The van der Waals surface area contributed by atoms with Crippen molar-refractivity contribution in [3.05, 3.63) is 41.1 Å². The molecule has 0 spiro atoms. The SMILES string of the molecule is CC(=O)N(C(=O)Nc1ccc(Br)o1)c1ccc(N)cc1. The molecule has 6 nitrogen and oxygen atoms in total. The molecule has 0 bridgehead atoms. The summed E-state index contributed by atoms with van der Waals surface area (Å²) in [5.74, 6) is -0.179. The zero-order valence-corrected chi connectivity index (χ0v) is 12.2. The van der Waals surface area contributed by atoms with E-state index in [-0.39, 0.29) is 5.88 Å². The summed E-state index contributed by atoms with van der Waals surface area (Å²) in [5.41, 5.74) is 6.56. The van der Waals surface area contributed by atoms with Crippen LogP contribution in [0.25, 0.3) is 0 Å². The number of halogens is 1. The molecule has 7 heteroatoms. The molecule has 0 saturated heterocycles. The van der Waals surface area contributed by atoms with Gasteiger partial charge in [-0.3, -0.25) is 10.1 Å². The zero-order chi connectivity index (χ0) is 14.7. The summed E-state index contributed by atoms with van der Waals surface area (Å²) in [6.45, 7) is 1.30. The Balaban J connectivity index is 2.22. The van der Waals surface area contributed by atoms with Crippen molar-refractivity contribution in [2.45, 2.75) is 6.92 Å². The van der Waals surface area contributed by atoms with Crippen LogP contribution >= 0.6 is 15.9 Å². The standard InChI is InChI=1S/C13H12BrN3O3/c1-8(18)17(10-4-2-9(15)3-5-10)13(19)16-12-7-6-11(14)20-12/h2-7H,15H2,1H3,(H,16,19). The van der Waals surface area contributed by atoms with Crippen LogP contribution in [0.3, 0.4) is 0 Å². The van der Waals surface area contributed by atoms with Crippen LogP contribution in [0.15, 0.2) is 45.5 Å². The molecular formula is C13H12BrN3O3. The highest BCUT2D eigenvalue weighted by Gasteiger charge is 2.21.